The topological polar surface area (TPSA) is 70.5 Å². The van der Waals surface area contributed by atoms with Gasteiger partial charge in [-0.2, -0.15) is 0 Å². The van der Waals surface area contributed by atoms with Gasteiger partial charge >= 0.3 is 5.97 Å². The quantitative estimate of drug-likeness (QED) is 0.894. The third-order valence-electron chi connectivity index (χ3n) is 2.93. The fourth-order valence-electron chi connectivity index (χ4n) is 1.95. The Balaban J connectivity index is 2.14. The number of rotatable bonds is 3. The first kappa shape index (κ1) is 12.0. The van der Waals surface area contributed by atoms with E-state index in [0.717, 1.165) is 19.4 Å². The number of hydrogen-bond acceptors (Lipinski definition) is 4. The molecular formula is C11H14N2O3S. The van der Waals surface area contributed by atoms with E-state index in [-0.39, 0.29) is 17.6 Å². The monoisotopic (exact) mass is 254 g/mol. The Morgan fingerprint density at radius 1 is 1.59 bits per heavy atom. The van der Waals surface area contributed by atoms with Crippen LogP contribution in [0.15, 0.2) is 5.38 Å². The molecule has 1 unspecified atom stereocenters. The van der Waals surface area contributed by atoms with Gasteiger partial charge < -0.3 is 10.0 Å². The first-order valence-electron chi connectivity index (χ1n) is 5.58. The summed E-state index contributed by atoms with van der Waals surface area (Å²) in [6, 6.07) is -0.124. The average molecular weight is 254 g/mol. The van der Waals surface area contributed by atoms with E-state index in [1.807, 2.05) is 6.92 Å². The SMILES string of the molecule is CC(c1nc(C(=O)O)cs1)N1CCCCC1=O. The molecule has 6 heteroatoms. The van der Waals surface area contributed by atoms with Gasteiger partial charge in [-0.15, -0.1) is 11.3 Å². The summed E-state index contributed by atoms with van der Waals surface area (Å²) < 4.78 is 0. The zero-order valence-electron chi connectivity index (χ0n) is 9.55. The summed E-state index contributed by atoms with van der Waals surface area (Å²) in [6.45, 7) is 2.63. The van der Waals surface area contributed by atoms with E-state index in [1.165, 1.54) is 16.7 Å². The lowest BCUT2D eigenvalue weighted by Gasteiger charge is -2.31. The van der Waals surface area contributed by atoms with Crippen LogP contribution in [0.1, 0.15) is 47.7 Å². The van der Waals surface area contributed by atoms with Crippen LogP contribution in [-0.2, 0) is 4.79 Å². The molecule has 0 aliphatic carbocycles. The molecule has 1 atom stereocenters. The van der Waals surface area contributed by atoms with Crippen molar-refractivity contribution in [2.24, 2.45) is 0 Å². The van der Waals surface area contributed by atoms with Gasteiger partial charge in [0.05, 0.1) is 6.04 Å². The Bertz CT molecular complexity index is 444. The molecule has 5 nitrogen and oxygen atoms in total. The van der Waals surface area contributed by atoms with Crippen LogP contribution in [0, 0.1) is 0 Å². The van der Waals surface area contributed by atoms with Crippen LogP contribution in [0.25, 0.3) is 0 Å². The molecule has 1 aromatic heterocycles. The number of piperidine rings is 1. The molecule has 0 bridgehead atoms. The third kappa shape index (κ3) is 2.46. The molecule has 0 aromatic carbocycles. The van der Waals surface area contributed by atoms with Gasteiger partial charge in [-0.05, 0) is 19.8 Å². The maximum Gasteiger partial charge on any atom is 0.355 e. The van der Waals surface area contributed by atoms with Crippen LogP contribution in [-0.4, -0.2) is 33.4 Å². The van der Waals surface area contributed by atoms with Gasteiger partial charge in [0.2, 0.25) is 5.91 Å². The summed E-state index contributed by atoms with van der Waals surface area (Å²) >= 11 is 1.30. The molecule has 92 valence electrons. The number of carbonyl (C=O) groups excluding carboxylic acids is 1. The lowest BCUT2D eigenvalue weighted by molar-refractivity contribution is -0.135. The van der Waals surface area contributed by atoms with E-state index >= 15 is 0 Å². The molecule has 2 rings (SSSR count). The molecular weight excluding hydrogens is 240 g/mol. The maximum absolute atomic E-state index is 11.7. The number of aromatic carboxylic acids is 1. The molecule has 0 spiro atoms. The molecule has 1 aromatic rings. The molecule has 1 N–H and O–H groups in total. The smallest absolute Gasteiger partial charge is 0.355 e. The van der Waals surface area contributed by atoms with Crippen LogP contribution >= 0.6 is 11.3 Å². The van der Waals surface area contributed by atoms with Crippen molar-refractivity contribution in [1.82, 2.24) is 9.88 Å². The van der Waals surface area contributed by atoms with Crippen molar-refractivity contribution in [3.63, 3.8) is 0 Å². The zero-order valence-corrected chi connectivity index (χ0v) is 10.4. The van der Waals surface area contributed by atoms with E-state index in [9.17, 15) is 9.59 Å². The summed E-state index contributed by atoms with van der Waals surface area (Å²) in [5, 5.41) is 11.0. The molecule has 17 heavy (non-hydrogen) atoms. The van der Waals surface area contributed by atoms with Crippen molar-refractivity contribution in [1.29, 1.82) is 0 Å². The summed E-state index contributed by atoms with van der Waals surface area (Å²) in [4.78, 5) is 28.3. The van der Waals surface area contributed by atoms with E-state index < -0.39 is 5.97 Å². The second-order valence-electron chi connectivity index (χ2n) is 4.10. The number of aromatic nitrogens is 1. The Hall–Kier alpha value is -1.43. The highest BCUT2D eigenvalue weighted by Gasteiger charge is 2.26. The van der Waals surface area contributed by atoms with Crippen molar-refractivity contribution < 1.29 is 14.7 Å². The van der Waals surface area contributed by atoms with Crippen LogP contribution in [0.2, 0.25) is 0 Å². The van der Waals surface area contributed by atoms with Gasteiger partial charge in [0, 0.05) is 18.3 Å². The molecule has 1 saturated heterocycles. The van der Waals surface area contributed by atoms with Gasteiger partial charge in [0.25, 0.3) is 0 Å². The van der Waals surface area contributed by atoms with Crippen LogP contribution in [0.5, 0.6) is 0 Å². The van der Waals surface area contributed by atoms with Crippen molar-refractivity contribution in [3.8, 4) is 0 Å². The minimum Gasteiger partial charge on any atom is -0.476 e. The molecule has 1 fully saturated rings. The zero-order chi connectivity index (χ0) is 12.4. The molecule has 0 saturated carbocycles. The van der Waals surface area contributed by atoms with Crippen molar-refractivity contribution in [2.75, 3.05) is 6.54 Å². The van der Waals surface area contributed by atoms with E-state index in [1.54, 1.807) is 4.90 Å². The number of hydrogen-bond donors (Lipinski definition) is 1. The number of amides is 1. The van der Waals surface area contributed by atoms with E-state index in [4.69, 9.17) is 5.11 Å². The standard InChI is InChI=1S/C11H14N2O3S/c1-7(13-5-3-2-4-9(13)14)10-12-8(6-17-10)11(15)16/h6-7H,2-5H2,1H3,(H,15,16). The first-order chi connectivity index (χ1) is 8.09. The molecule has 2 heterocycles. The highest BCUT2D eigenvalue weighted by atomic mass is 32.1. The molecule has 1 aliphatic rings. The largest absolute Gasteiger partial charge is 0.476 e. The Kier molecular flexibility index (Phi) is 3.42. The highest BCUT2D eigenvalue weighted by Crippen LogP contribution is 2.27. The number of carboxylic acid groups (broad SMARTS) is 1. The number of nitrogens with zero attached hydrogens (tertiary/aromatic N) is 2. The Morgan fingerprint density at radius 2 is 2.35 bits per heavy atom. The summed E-state index contributed by atoms with van der Waals surface area (Å²) in [7, 11) is 0. The van der Waals surface area contributed by atoms with Crippen LogP contribution < -0.4 is 0 Å². The maximum atomic E-state index is 11.7. The minimum absolute atomic E-state index is 0.0568. The van der Waals surface area contributed by atoms with Gasteiger partial charge in [0.15, 0.2) is 5.69 Å². The van der Waals surface area contributed by atoms with Gasteiger partial charge in [0.1, 0.15) is 5.01 Å². The van der Waals surface area contributed by atoms with Crippen molar-refractivity contribution >= 4 is 23.2 Å². The first-order valence-corrected chi connectivity index (χ1v) is 6.45. The minimum atomic E-state index is -1.02. The predicted molar refractivity (Wildman–Crippen MR) is 63.1 cm³/mol. The lowest BCUT2D eigenvalue weighted by Crippen LogP contribution is -2.37. The Labute approximate surface area is 103 Å². The number of likely N-dealkylation sites (tertiary alicyclic amines) is 1. The number of carboxylic acids is 1. The highest BCUT2D eigenvalue weighted by molar-refractivity contribution is 7.09. The molecule has 1 amide bonds. The van der Waals surface area contributed by atoms with E-state index in [0.29, 0.717) is 11.4 Å². The normalized spacial score (nSPS) is 18.2. The van der Waals surface area contributed by atoms with Crippen LogP contribution in [0.3, 0.4) is 0 Å². The van der Waals surface area contributed by atoms with Gasteiger partial charge in [-0.25, -0.2) is 9.78 Å². The van der Waals surface area contributed by atoms with Crippen molar-refractivity contribution in [2.45, 2.75) is 32.2 Å². The fourth-order valence-corrected chi connectivity index (χ4v) is 2.81. The van der Waals surface area contributed by atoms with E-state index in [2.05, 4.69) is 4.98 Å². The second-order valence-corrected chi connectivity index (χ2v) is 4.99. The van der Waals surface area contributed by atoms with Gasteiger partial charge in [-0.3, -0.25) is 4.79 Å². The average Bonchev–Trinajstić information content (AvgIpc) is 2.78. The molecule has 0 radical (unpaired) electrons. The van der Waals surface area contributed by atoms with Crippen molar-refractivity contribution in [3.05, 3.63) is 16.1 Å². The number of carbonyl (C=O) groups is 2. The van der Waals surface area contributed by atoms with Crippen LogP contribution in [0.4, 0.5) is 0 Å². The van der Waals surface area contributed by atoms with Gasteiger partial charge in [-0.1, -0.05) is 0 Å². The third-order valence-corrected chi connectivity index (χ3v) is 3.94. The second kappa shape index (κ2) is 4.83. The summed E-state index contributed by atoms with van der Waals surface area (Å²) in [5.74, 6) is -0.888. The summed E-state index contributed by atoms with van der Waals surface area (Å²) in [5.41, 5.74) is 0.0568. The predicted octanol–water partition coefficient (Wildman–Crippen LogP) is 1.91. The fraction of sp³-hybridized carbons (Fsp3) is 0.545. The Morgan fingerprint density at radius 3 is 2.94 bits per heavy atom. The lowest BCUT2D eigenvalue weighted by atomic mass is 10.1. The molecule has 1 aliphatic heterocycles. The summed E-state index contributed by atoms with van der Waals surface area (Å²) in [6.07, 6.45) is 2.54. The number of thiazole rings is 1.